The van der Waals surface area contributed by atoms with Gasteiger partial charge in [-0.05, 0) is 55.7 Å². The first kappa shape index (κ1) is 15.3. The number of nitrogens with one attached hydrogen (secondary N) is 2. The number of piperidine rings is 1. The van der Waals surface area contributed by atoms with E-state index in [1.54, 1.807) is 0 Å². The molecule has 0 bridgehead atoms. The van der Waals surface area contributed by atoms with Gasteiger partial charge >= 0.3 is 0 Å². The largest absolute Gasteiger partial charge is 0.360 e. The monoisotopic (exact) mass is 291 g/mol. The zero-order valence-corrected chi connectivity index (χ0v) is 13.3. The molecule has 1 heterocycles. The predicted molar refractivity (Wildman–Crippen MR) is 90.3 cm³/mol. The number of aryl methyl sites for hydroxylation is 1. The van der Waals surface area contributed by atoms with Gasteiger partial charge in [-0.15, -0.1) is 0 Å². The van der Waals surface area contributed by atoms with E-state index >= 15 is 0 Å². The molecule has 4 heteroatoms. The third kappa shape index (κ3) is 4.46. The molecule has 0 aliphatic carbocycles. The molecular weight excluding hydrogens is 266 g/mol. The first-order chi connectivity index (χ1) is 9.71. The van der Waals surface area contributed by atoms with Gasteiger partial charge in [-0.1, -0.05) is 26.0 Å². The van der Waals surface area contributed by atoms with Crippen molar-refractivity contribution in [1.82, 2.24) is 10.2 Å². The highest BCUT2D eigenvalue weighted by Crippen LogP contribution is 2.12. The smallest absolute Gasteiger partial charge is 0.170 e. The van der Waals surface area contributed by atoms with Crippen LogP contribution in [0.15, 0.2) is 24.3 Å². The molecule has 0 unspecified atom stereocenters. The summed E-state index contributed by atoms with van der Waals surface area (Å²) >= 11 is 5.40. The Morgan fingerprint density at radius 3 is 2.40 bits per heavy atom. The highest BCUT2D eigenvalue weighted by atomic mass is 32.1. The van der Waals surface area contributed by atoms with Crippen LogP contribution in [0.25, 0.3) is 0 Å². The zero-order chi connectivity index (χ0) is 14.4. The number of anilines is 1. The Morgan fingerprint density at radius 2 is 1.85 bits per heavy atom. The van der Waals surface area contributed by atoms with Crippen molar-refractivity contribution in [1.29, 1.82) is 0 Å². The van der Waals surface area contributed by atoms with Gasteiger partial charge in [0.05, 0.1) is 0 Å². The quantitative estimate of drug-likeness (QED) is 0.834. The second-order valence-electron chi connectivity index (χ2n) is 5.36. The summed E-state index contributed by atoms with van der Waals surface area (Å²) in [6, 6.07) is 8.97. The lowest BCUT2D eigenvalue weighted by Crippen LogP contribution is -2.45. The molecular formula is C16H25N3S. The van der Waals surface area contributed by atoms with Crippen molar-refractivity contribution < 1.29 is 0 Å². The lowest BCUT2D eigenvalue weighted by atomic mass is 10.1. The summed E-state index contributed by atoms with van der Waals surface area (Å²) in [6.07, 6.45) is 3.41. The minimum absolute atomic E-state index is 0.507. The van der Waals surface area contributed by atoms with E-state index in [0.717, 1.165) is 23.8 Å². The van der Waals surface area contributed by atoms with Crippen molar-refractivity contribution in [2.24, 2.45) is 0 Å². The van der Waals surface area contributed by atoms with Gasteiger partial charge in [0.15, 0.2) is 5.11 Å². The van der Waals surface area contributed by atoms with Crippen LogP contribution in [0.2, 0.25) is 0 Å². The topological polar surface area (TPSA) is 27.3 Å². The van der Waals surface area contributed by atoms with Crippen molar-refractivity contribution in [3.63, 3.8) is 0 Å². The average Bonchev–Trinajstić information content (AvgIpc) is 2.49. The Balaban J connectivity index is 1.77. The molecule has 0 spiro atoms. The van der Waals surface area contributed by atoms with Gasteiger partial charge < -0.3 is 15.5 Å². The lowest BCUT2D eigenvalue weighted by molar-refractivity contribution is 0.216. The number of nitrogens with zero attached hydrogens (tertiary/aromatic N) is 1. The molecule has 0 aromatic heterocycles. The Kier molecular flexibility index (Phi) is 5.80. The highest BCUT2D eigenvalue weighted by Gasteiger charge is 2.18. The predicted octanol–water partition coefficient (Wildman–Crippen LogP) is 3.02. The van der Waals surface area contributed by atoms with Crippen molar-refractivity contribution >= 4 is 23.0 Å². The maximum absolute atomic E-state index is 5.40. The first-order valence-electron chi connectivity index (χ1n) is 7.60. The minimum Gasteiger partial charge on any atom is -0.360 e. The van der Waals surface area contributed by atoms with Crippen LogP contribution in [0.3, 0.4) is 0 Å². The molecule has 0 amide bonds. The molecule has 1 aliphatic rings. The van der Waals surface area contributed by atoms with Crippen LogP contribution in [0.1, 0.15) is 32.3 Å². The van der Waals surface area contributed by atoms with Gasteiger partial charge in [0, 0.05) is 24.8 Å². The van der Waals surface area contributed by atoms with E-state index in [1.165, 1.54) is 31.5 Å². The Labute approximate surface area is 127 Å². The molecule has 1 saturated heterocycles. The maximum atomic E-state index is 5.40. The summed E-state index contributed by atoms with van der Waals surface area (Å²) in [5.41, 5.74) is 2.41. The Hall–Kier alpha value is -1.13. The zero-order valence-electron chi connectivity index (χ0n) is 12.5. The lowest BCUT2D eigenvalue weighted by Gasteiger charge is -2.32. The number of thiocarbonyl (C=S) groups is 1. The molecule has 0 saturated carbocycles. The van der Waals surface area contributed by atoms with Crippen molar-refractivity contribution in [3.8, 4) is 0 Å². The Morgan fingerprint density at radius 1 is 1.20 bits per heavy atom. The van der Waals surface area contributed by atoms with E-state index in [9.17, 15) is 0 Å². The van der Waals surface area contributed by atoms with Crippen LogP contribution < -0.4 is 10.6 Å². The van der Waals surface area contributed by atoms with Crippen LogP contribution in [-0.2, 0) is 6.42 Å². The van der Waals surface area contributed by atoms with Crippen LogP contribution in [-0.4, -0.2) is 35.7 Å². The summed E-state index contributed by atoms with van der Waals surface area (Å²) in [5, 5.41) is 7.45. The SMILES string of the molecule is CCc1ccc(NC(=S)NC2CCN(CC)CC2)cc1. The molecule has 0 radical (unpaired) electrons. The van der Waals surface area contributed by atoms with Crippen LogP contribution in [0.5, 0.6) is 0 Å². The fourth-order valence-electron chi connectivity index (χ4n) is 2.57. The molecule has 0 atom stereocenters. The number of hydrogen-bond acceptors (Lipinski definition) is 2. The van der Waals surface area contributed by atoms with Gasteiger partial charge in [-0.25, -0.2) is 0 Å². The van der Waals surface area contributed by atoms with Gasteiger partial charge in [0.1, 0.15) is 0 Å². The van der Waals surface area contributed by atoms with Crippen molar-refractivity contribution in [3.05, 3.63) is 29.8 Å². The second-order valence-corrected chi connectivity index (χ2v) is 5.77. The van der Waals surface area contributed by atoms with E-state index in [1.807, 2.05) is 0 Å². The summed E-state index contributed by atoms with van der Waals surface area (Å²) in [7, 11) is 0. The highest BCUT2D eigenvalue weighted by molar-refractivity contribution is 7.80. The van der Waals surface area contributed by atoms with Gasteiger partial charge in [-0.2, -0.15) is 0 Å². The fourth-order valence-corrected chi connectivity index (χ4v) is 2.85. The van der Waals surface area contributed by atoms with Crippen LogP contribution >= 0.6 is 12.2 Å². The number of rotatable bonds is 4. The minimum atomic E-state index is 0.507. The third-order valence-corrected chi connectivity index (χ3v) is 4.21. The van der Waals surface area contributed by atoms with Gasteiger partial charge in [0.2, 0.25) is 0 Å². The van der Waals surface area contributed by atoms with Crippen molar-refractivity contribution in [2.45, 2.75) is 39.2 Å². The normalized spacial score (nSPS) is 16.9. The molecule has 1 aliphatic heterocycles. The van der Waals surface area contributed by atoms with Crippen LogP contribution in [0.4, 0.5) is 5.69 Å². The number of benzene rings is 1. The standard InChI is InChI=1S/C16H25N3S/c1-3-13-5-7-14(8-6-13)17-16(20)18-15-9-11-19(4-2)12-10-15/h5-8,15H,3-4,9-12H2,1-2H3,(H2,17,18,20). The van der Waals surface area contributed by atoms with E-state index in [0.29, 0.717) is 6.04 Å². The molecule has 1 aromatic rings. The number of hydrogen-bond donors (Lipinski definition) is 2. The maximum Gasteiger partial charge on any atom is 0.170 e. The molecule has 110 valence electrons. The van der Waals surface area contributed by atoms with Gasteiger partial charge in [0.25, 0.3) is 0 Å². The molecule has 3 nitrogen and oxygen atoms in total. The van der Waals surface area contributed by atoms with Crippen molar-refractivity contribution in [2.75, 3.05) is 25.0 Å². The summed E-state index contributed by atoms with van der Waals surface area (Å²) in [5.74, 6) is 0. The van der Waals surface area contributed by atoms with E-state index in [4.69, 9.17) is 12.2 Å². The van der Waals surface area contributed by atoms with Crippen LogP contribution in [0, 0.1) is 0 Å². The molecule has 1 aromatic carbocycles. The van der Waals surface area contributed by atoms with E-state index in [2.05, 4.69) is 53.6 Å². The summed E-state index contributed by atoms with van der Waals surface area (Å²) in [4.78, 5) is 2.48. The summed E-state index contributed by atoms with van der Waals surface area (Å²) in [6.45, 7) is 7.88. The number of likely N-dealkylation sites (tertiary alicyclic amines) is 1. The Bertz CT molecular complexity index is 422. The molecule has 20 heavy (non-hydrogen) atoms. The summed E-state index contributed by atoms with van der Waals surface area (Å²) < 4.78 is 0. The van der Waals surface area contributed by atoms with E-state index in [-0.39, 0.29) is 0 Å². The second kappa shape index (κ2) is 7.60. The molecule has 2 N–H and O–H groups in total. The first-order valence-corrected chi connectivity index (χ1v) is 8.01. The molecule has 2 rings (SSSR count). The van der Waals surface area contributed by atoms with E-state index < -0.39 is 0 Å². The average molecular weight is 291 g/mol. The fraction of sp³-hybridized carbons (Fsp3) is 0.562. The molecule has 1 fully saturated rings. The third-order valence-electron chi connectivity index (χ3n) is 3.99. The van der Waals surface area contributed by atoms with Gasteiger partial charge in [-0.3, -0.25) is 0 Å².